The lowest BCUT2D eigenvalue weighted by atomic mass is 9.89. The van der Waals surface area contributed by atoms with Gasteiger partial charge in [0.05, 0.1) is 24.0 Å². The molecule has 220 valence electrons. The third-order valence-electron chi connectivity index (χ3n) is 7.41. The maximum Gasteiger partial charge on any atom is 0.424 e. The lowest BCUT2D eigenvalue weighted by molar-refractivity contribution is -0.265. The van der Waals surface area contributed by atoms with Gasteiger partial charge in [-0.1, -0.05) is 13.8 Å². The molecule has 2 unspecified atom stereocenters. The van der Waals surface area contributed by atoms with Gasteiger partial charge in [-0.05, 0) is 60.9 Å². The lowest BCUT2D eigenvalue weighted by Crippen LogP contribution is -2.51. The second-order valence-electron chi connectivity index (χ2n) is 10.6. The fourth-order valence-electron chi connectivity index (χ4n) is 5.14. The van der Waals surface area contributed by atoms with E-state index in [-0.39, 0.29) is 34.1 Å². The monoisotopic (exact) mass is 585 g/mol. The molecule has 0 radical (unpaired) electrons. The van der Waals surface area contributed by atoms with E-state index in [1.807, 2.05) is 13.8 Å². The predicted octanol–water partition coefficient (Wildman–Crippen LogP) is 4.42. The van der Waals surface area contributed by atoms with Crippen molar-refractivity contribution < 1.29 is 37.0 Å². The van der Waals surface area contributed by atoms with E-state index in [0.29, 0.717) is 16.5 Å². The molecular weight excluding hydrogens is 558 g/mol. The van der Waals surface area contributed by atoms with Crippen LogP contribution in [0.1, 0.15) is 59.8 Å². The van der Waals surface area contributed by atoms with Crippen molar-refractivity contribution in [2.45, 2.75) is 50.5 Å². The molecule has 42 heavy (non-hydrogen) atoms. The lowest BCUT2D eigenvalue weighted by Gasteiger charge is -2.31. The average Bonchev–Trinajstić information content (AvgIpc) is 3.52. The van der Waals surface area contributed by atoms with Crippen LogP contribution in [0, 0.1) is 5.82 Å². The molecule has 4 aromatic rings. The Balaban J connectivity index is 1.60. The Kier molecular flexibility index (Phi) is 7.17. The van der Waals surface area contributed by atoms with Crippen LogP contribution in [0.15, 0.2) is 48.7 Å². The number of nitrogens with zero attached hydrogens (tertiary/aromatic N) is 2. The first-order chi connectivity index (χ1) is 19.7. The number of rotatable bonds is 7. The number of aliphatic hydroxyl groups is 1. The van der Waals surface area contributed by atoms with E-state index in [4.69, 9.17) is 10.5 Å². The first kappa shape index (κ1) is 29.0. The van der Waals surface area contributed by atoms with Crippen molar-refractivity contribution in [3.05, 3.63) is 76.9 Å². The molecule has 5 rings (SSSR count). The van der Waals surface area contributed by atoms with E-state index in [1.54, 1.807) is 6.07 Å². The average molecular weight is 586 g/mol. The van der Waals surface area contributed by atoms with Gasteiger partial charge in [-0.25, -0.2) is 9.37 Å². The van der Waals surface area contributed by atoms with E-state index in [1.165, 1.54) is 31.3 Å². The van der Waals surface area contributed by atoms with Crippen molar-refractivity contribution in [1.82, 2.24) is 20.5 Å². The van der Waals surface area contributed by atoms with Gasteiger partial charge in [-0.3, -0.25) is 14.7 Å². The fraction of sp³-hybridized carbons (Fsp3) is 0.310. The molecule has 9 nitrogen and oxygen atoms in total. The zero-order valence-electron chi connectivity index (χ0n) is 22.7. The third kappa shape index (κ3) is 4.93. The van der Waals surface area contributed by atoms with Gasteiger partial charge in [0.1, 0.15) is 29.3 Å². The molecule has 13 heteroatoms. The van der Waals surface area contributed by atoms with Crippen LogP contribution in [0.4, 0.5) is 17.6 Å². The summed E-state index contributed by atoms with van der Waals surface area (Å²) in [6.07, 6.45) is -4.70. The summed E-state index contributed by atoms with van der Waals surface area (Å²) in [4.78, 5) is 29.7. The standard InChI is InChI=1S/C29H27F4N5O4/c1-13(2)18-9-21-16(11-36-38-21)8-19(18)27(40)35-12-28(41,29(31,32)33)22-10-20-23(26(34)39)14(3)42-25(20)24(37-22)15-4-6-17(30)7-5-15/h4-11,13-14,23,41H,12H2,1-3H3,(H2,34,39)(H,35,40)(H,36,38)/t14?,23-,28?/m0/s1. The maximum absolute atomic E-state index is 14.7. The van der Waals surface area contributed by atoms with E-state index >= 15 is 0 Å². The summed E-state index contributed by atoms with van der Waals surface area (Å²) in [7, 11) is 0. The summed E-state index contributed by atoms with van der Waals surface area (Å²) in [5.41, 5.74) is 2.30. The van der Waals surface area contributed by atoms with Crippen LogP contribution in [0.5, 0.6) is 5.75 Å². The number of fused-ring (bicyclic) bond motifs is 2. The van der Waals surface area contributed by atoms with Crippen LogP contribution >= 0.6 is 0 Å². The number of aromatic nitrogens is 3. The number of nitrogens with one attached hydrogen (secondary N) is 2. The molecule has 2 amide bonds. The van der Waals surface area contributed by atoms with Crippen LogP contribution in [0.3, 0.4) is 0 Å². The predicted molar refractivity (Wildman–Crippen MR) is 144 cm³/mol. The second kappa shape index (κ2) is 10.4. The van der Waals surface area contributed by atoms with E-state index in [2.05, 4.69) is 20.5 Å². The largest absolute Gasteiger partial charge is 0.487 e. The van der Waals surface area contributed by atoms with Gasteiger partial charge in [-0.15, -0.1) is 0 Å². The molecule has 3 heterocycles. The number of ether oxygens (including phenoxy) is 1. The Bertz CT molecular complexity index is 1690. The van der Waals surface area contributed by atoms with Crippen LogP contribution in [-0.4, -0.2) is 50.9 Å². The number of hydrogen-bond acceptors (Lipinski definition) is 6. The van der Waals surface area contributed by atoms with Gasteiger partial charge in [0.2, 0.25) is 11.5 Å². The Morgan fingerprint density at radius 3 is 2.48 bits per heavy atom. The highest BCUT2D eigenvalue weighted by atomic mass is 19.4. The smallest absolute Gasteiger partial charge is 0.424 e. The quantitative estimate of drug-likeness (QED) is 0.237. The van der Waals surface area contributed by atoms with E-state index in [0.717, 1.165) is 18.2 Å². The number of halogens is 4. The highest BCUT2D eigenvalue weighted by Gasteiger charge is 2.57. The normalized spacial score (nSPS) is 18.0. The van der Waals surface area contributed by atoms with Gasteiger partial charge in [0, 0.05) is 22.1 Å². The minimum atomic E-state index is -5.33. The minimum absolute atomic E-state index is 0.00907. The number of pyridine rings is 1. The van der Waals surface area contributed by atoms with Crippen LogP contribution in [-0.2, 0) is 10.4 Å². The number of primary amides is 1. The molecule has 0 aliphatic carbocycles. The molecule has 3 atom stereocenters. The number of amides is 2. The topological polar surface area (TPSA) is 143 Å². The summed E-state index contributed by atoms with van der Waals surface area (Å²) in [5, 5.41) is 20.8. The molecule has 2 aromatic carbocycles. The van der Waals surface area contributed by atoms with Crippen molar-refractivity contribution in [1.29, 1.82) is 0 Å². The summed E-state index contributed by atoms with van der Waals surface area (Å²) < 4.78 is 63.4. The number of nitrogens with two attached hydrogens (primary N) is 1. The number of hydrogen-bond donors (Lipinski definition) is 4. The molecule has 2 aromatic heterocycles. The van der Waals surface area contributed by atoms with Crippen LogP contribution in [0.2, 0.25) is 0 Å². The Labute approximate surface area is 237 Å². The molecule has 0 saturated heterocycles. The fourth-order valence-corrected chi connectivity index (χ4v) is 5.14. The molecule has 0 bridgehead atoms. The highest BCUT2D eigenvalue weighted by molar-refractivity contribution is 5.99. The molecule has 0 fully saturated rings. The summed E-state index contributed by atoms with van der Waals surface area (Å²) >= 11 is 0. The molecule has 1 aliphatic rings. The van der Waals surface area contributed by atoms with Crippen molar-refractivity contribution >= 4 is 22.7 Å². The Morgan fingerprint density at radius 1 is 1.17 bits per heavy atom. The van der Waals surface area contributed by atoms with Gasteiger partial charge < -0.3 is 20.9 Å². The summed E-state index contributed by atoms with van der Waals surface area (Å²) in [6.45, 7) is 3.86. The van der Waals surface area contributed by atoms with Gasteiger partial charge in [-0.2, -0.15) is 18.3 Å². The Hall–Kier alpha value is -4.52. The SMILES string of the molecule is CC(C)c1cc2[nH]ncc2cc1C(=O)NCC(O)(c1cc2c(c(-c3ccc(F)cc3)n1)OC(C)[C@@H]2C(N)=O)C(F)(F)F. The molecule has 0 spiro atoms. The number of H-pyrrole nitrogens is 1. The first-order valence-corrected chi connectivity index (χ1v) is 13.0. The van der Waals surface area contributed by atoms with Crippen LogP contribution in [0.25, 0.3) is 22.2 Å². The molecule has 1 aliphatic heterocycles. The maximum atomic E-state index is 14.7. The van der Waals surface area contributed by atoms with Crippen LogP contribution < -0.4 is 15.8 Å². The molecule has 5 N–H and O–H groups in total. The molecule has 0 saturated carbocycles. The minimum Gasteiger partial charge on any atom is -0.487 e. The second-order valence-corrected chi connectivity index (χ2v) is 10.6. The van der Waals surface area contributed by atoms with Crippen molar-refractivity contribution in [2.24, 2.45) is 5.73 Å². The summed E-state index contributed by atoms with van der Waals surface area (Å²) in [5.74, 6) is -3.63. The van der Waals surface area contributed by atoms with Gasteiger partial charge >= 0.3 is 6.18 Å². The zero-order valence-corrected chi connectivity index (χ0v) is 22.7. The van der Waals surface area contributed by atoms with E-state index < -0.39 is 53.7 Å². The zero-order chi connectivity index (χ0) is 30.6. The summed E-state index contributed by atoms with van der Waals surface area (Å²) in [6, 6.07) is 8.84. The van der Waals surface area contributed by atoms with Crippen molar-refractivity contribution in [2.75, 3.05) is 6.54 Å². The number of carbonyl (C=O) groups is 2. The number of benzene rings is 2. The number of carbonyl (C=O) groups excluding carboxylic acids is 2. The molecular formula is C29H27F4N5O4. The van der Waals surface area contributed by atoms with Crippen molar-refractivity contribution in [3.63, 3.8) is 0 Å². The first-order valence-electron chi connectivity index (χ1n) is 13.0. The Morgan fingerprint density at radius 2 is 1.86 bits per heavy atom. The number of alkyl halides is 3. The van der Waals surface area contributed by atoms with Gasteiger partial charge in [0.15, 0.2) is 0 Å². The van der Waals surface area contributed by atoms with E-state index in [9.17, 15) is 32.3 Å². The third-order valence-corrected chi connectivity index (χ3v) is 7.41. The highest BCUT2D eigenvalue weighted by Crippen LogP contribution is 2.47. The van der Waals surface area contributed by atoms with Gasteiger partial charge in [0.25, 0.3) is 5.91 Å². The van der Waals surface area contributed by atoms with Crippen molar-refractivity contribution in [3.8, 4) is 17.0 Å². The number of aromatic amines is 1.